The monoisotopic (exact) mass is 462 g/mol. The van der Waals surface area contributed by atoms with E-state index < -0.39 is 28.9 Å². The molecular weight excluding hydrogens is 441 g/mol. The Labute approximate surface area is 185 Å². The van der Waals surface area contributed by atoms with Gasteiger partial charge < -0.3 is 11.1 Å². The number of nitrogens with two attached hydrogens (primary N) is 1. The molecule has 174 valence electrons. The van der Waals surface area contributed by atoms with Crippen molar-refractivity contribution in [3.63, 3.8) is 0 Å². The summed E-state index contributed by atoms with van der Waals surface area (Å²) in [6, 6.07) is 4.79. The fraction of sp³-hybridized carbons (Fsp3) is 0.333. The molecule has 0 radical (unpaired) electrons. The fourth-order valence-electron chi connectivity index (χ4n) is 3.41. The summed E-state index contributed by atoms with van der Waals surface area (Å²) in [5.41, 5.74) is 4.09. The van der Waals surface area contributed by atoms with Crippen LogP contribution < -0.4 is 22.3 Å². The first-order valence-electron chi connectivity index (χ1n) is 10.1. The van der Waals surface area contributed by atoms with E-state index in [2.05, 4.69) is 10.4 Å². The summed E-state index contributed by atoms with van der Waals surface area (Å²) in [5.74, 6) is -0.621. The molecule has 2 heterocycles. The van der Waals surface area contributed by atoms with Crippen molar-refractivity contribution in [1.82, 2.24) is 18.9 Å². The predicted octanol–water partition coefficient (Wildman–Crippen LogP) is 2.06. The number of anilines is 2. The number of aromatic nitrogens is 4. The lowest BCUT2D eigenvalue weighted by Gasteiger charge is -2.14. The van der Waals surface area contributed by atoms with Crippen molar-refractivity contribution < 1.29 is 18.0 Å². The van der Waals surface area contributed by atoms with Gasteiger partial charge in [0, 0.05) is 19.8 Å². The second-order valence-electron chi connectivity index (χ2n) is 8.04. The SMILES string of the molecule is Cn1c(N)c(NC(=O)c2cnn(Cc3cccc(C(F)(F)F)c3)c2)c(=O)n(CC2CC2)c1=O. The Balaban J connectivity index is 1.55. The van der Waals surface area contributed by atoms with Crippen LogP contribution in [0, 0.1) is 5.92 Å². The van der Waals surface area contributed by atoms with Crippen molar-refractivity contribution in [3.05, 3.63) is 74.2 Å². The number of carbonyl (C=O) groups is 1. The lowest BCUT2D eigenvalue weighted by atomic mass is 10.1. The van der Waals surface area contributed by atoms with Gasteiger partial charge in [-0.25, -0.2) is 4.79 Å². The highest BCUT2D eigenvalue weighted by atomic mass is 19.4. The molecule has 0 atom stereocenters. The van der Waals surface area contributed by atoms with Gasteiger partial charge in [-0.05, 0) is 36.5 Å². The van der Waals surface area contributed by atoms with Crippen LogP contribution in [0.3, 0.4) is 0 Å². The molecular formula is C21H21F3N6O3. The van der Waals surface area contributed by atoms with Crippen LogP contribution in [0.4, 0.5) is 24.7 Å². The Bertz CT molecular complexity index is 1330. The van der Waals surface area contributed by atoms with E-state index in [1.54, 1.807) is 0 Å². The maximum absolute atomic E-state index is 12.9. The van der Waals surface area contributed by atoms with Crippen LogP contribution in [-0.4, -0.2) is 24.8 Å². The number of hydrogen-bond donors (Lipinski definition) is 2. The maximum Gasteiger partial charge on any atom is 0.416 e. The first-order chi connectivity index (χ1) is 15.5. The first kappa shape index (κ1) is 22.4. The standard InChI is InChI=1S/C21H21F3N6O3/c1-28-17(25)16(19(32)30(20(28)33)10-12-5-6-12)27-18(31)14-8-26-29(11-14)9-13-3-2-4-15(7-13)21(22,23)24/h2-4,7-8,11-12H,5-6,9-10,25H2,1H3,(H,27,31). The fourth-order valence-corrected chi connectivity index (χ4v) is 3.41. The molecule has 1 amide bonds. The number of benzene rings is 1. The van der Waals surface area contributed by atoms with E-state index in [-0.39, 0.29) is 36.1 Å². The zero-order valence-electron chi connectivity index (χ0n) is 17.6. The zero-order chi connectivity index (χ0) is 23.9. The Morgan fingerprint density at radius 3 is 2.67 bits per heavy atom. The largest absolute Gasteiger partial charge is 0.416 e. The van der Waals surface area contributed by atoms with E-state index in [1.807, 2.05) is 0 Å². The molecule has 1 fully saturated rings. The highest BCUT2D eigenvalue weighted by molar-refractivity contribution is 6.05. The van der Waals surface area contributed by atoms with E-state index in [4.69, 9.17) is 5.73 Å². The Morgan fingerprint density at radius 1 is 1.27 bits per heavy atom. The number of halogens is 3. The Morgan fingerprint density at radius 2 is 2.00 bits per heavy atom. The highest BCUT2D eigenvalue weighted by Crippen LogP contribution is 2.30. The molecule has 3 N–H and O–H groups in total. The zero-order valence-corrected chi connectivity index (χ0v) is 17.6. The number of nitrogens with one attached hydrogen (secondary N) is 1. The van der Waals surface area contributed by atoms with E-state index >= 15 is 0 Å². The van der Waals surface area contributed by atoms with Crippen LogP contribution in [-0.2, 0) is 26.3 Å². The van der Waals surface area contributed by atoms with Crippen LogP contribution >= 0.6 is 0 Å². The van der Waals surface area contributed by atoms with Crippen LogP contribution in [0.5, 0.6) is 0 Å². The summed E-state index contributed by atoms with van der Waals surface area (Å²) in [6.07, 6.45) is -0.0486. The van der Waals surface area contributed by atoms with Gasteiger partial charge in [0.25, 0.3) is 11.5 Å². The van der Waals surface area contributed by atoms with E-state index in [0.717, 1.165) is 34.1 Å². The van der Waals surface area contributed by atoms with Crippen molar-refractivity contribution in [1.29, 1.82) is 0 Å². The van der Waals surface area contributed by atoms with Gasteiger partial charge in [0.2, 0.25) is 0 Å². The lowest BCUT2D eigenvalue weighted by Crippen LogP contribution is -2.42. The van der Waals surface area contributed by atoms with Gasteiger partial charge in [0.05, 0.1) is 23.9 Å². The molecule has 0 saturated heterocycles. The Kier molecular flexibility index (Phi) is 5.60. The van der Waals surface area contributed by atoms with Gasteiger partial charge in [-0.15, -0.1) is 0 Å². The smallest absolute Gasteiger partial charge is 0.383 e. The molecule has 1 aromatic carbocycles. The molecule has 4 rings (SSSR count). The number of hydrogen-bond acceptors (Lipinski definition) is 5. The molecule has 12 heteroatoms. The molecule has 0 spiro atoms. The van der Waals surface area contributed by atoms with Crippen molar-refractivity contribution in [2.45, 2.75) is 32.1 Å². The van der Waals surface area contributed by atoms with E-state index in [0.29, 0.717) is 5.56 Å². The minimum absolute atomic E-state index is 0.00731. The lowest BCUT2D eigenvalue weighted by molar-refractivity contribution is -0.137. The number of amides is 1. The van der Waals surface area contributed by atoms with Crippen LogP contribution in [0.2, 0.25) is 0 Å². The normalized spacial score (nSPS) is 13.8. The summed E-state index contributed by atoms with van der Waals surface area (Å²) in [6.45, 7) is 0.261. The molecule has 1 aliphatic carbocycles. The van der Waals surface area contributed by atoms with Crippen molar-refractivity contribution in [2.75, 3.05) is 11.1 Å². The van der Waals surface area contributed by atoms with Crippen LogP contribution in [0.1, 0.15) is 34.3 Å². The molecule has 3 aromatic rings. The molecule has 9 nitrogen and oxygen atoms in total. The second-order valence-corrected chi connectivity index (χ2v) is 8.04. The molecule has 0 bridgehead atoms. The molecule has 2 aromatic heterocycles. The number of rotatable bonds is 6. The quantitative estimate of drug-likeness (QED) is 0.582. The van der Waals surface area contributed by atoms with Gasteiger partial charge in [-0.1, -0.05) is 12.1 Å². The van der Waals surface area contributed by atoms with Gasteiger partial charge >= 0.3 is 11.9 Å². The average Bonchev–Trinajstić information content (AvgIpc) is 3.48. The minimum atomic E-state index is -4.46. The topological polar surface area (TPSA) is 117 Å². The summed E-state index contributed by atoms with van der Waals surface area (Å²) in [5, 5.41) is 6.46. The Hall–Kier alpha value is -3.83. The van der Waals surface area contributed by atoms with Crippen molar-refractivity contribution in [2.24, 2.45) is 13.0 Å². The third-order valence-electron chi connectivity index (χ3n) is 5.46. The van der Waals surface area contributed by atoms with Crippen molar-refractivity contribution >= 4 is 17.4 Å². The number of alkyl halides is 3. The third-order valence-corrected chi connectivity index (χ3v) is 5.46. The van der Waals surface area contributed by atoms with E-state index in [9.17, 15) is 27.6 Å². The molecule has 0 aliphatic heterocycles. The summed E-state index contributed by atoms with van der Waals surface area (Å²) in [4.78, 5) is 37.9. The molecule has 33 heavy (non-hydrogen) atoms. The van der Waals surface area contributed by atoms with Gasteiger partial charge in [0.15, 0.2) is 0 Å². The summed E-state index contributed by atoms with van der Waals surface area (Å²) in [7, 11) is 1.41. The summed E-state index contributed by atoms with van der Waals surface area (Å²) < 4.78 is 42.2. The second kappa shape index (κ2) is 8.26. The molecule has 1 aliphatic rings. The minimum Gasteiger partial charge on any atom is -0.383 e. The van der Waals surface area contributed by atoms with E-state index in [1.165, 1.54) is 36.3 Å². The highest BCUT2D eigenvalue weighted by Gasteiger charge is 2.30. The molecule has 0 unspecified atom stereocenters. The number of nitrogen functional groups attached to an aromatic ring is 1. The molecule has 1 saturated carbocycles. The van der Waals surface area contributed by atoms with Gasteiger partial charge in [-0.2, -0.15) is 18.3 Å². The van der Waals surface area contributed by atoms with Crippen LogP contribution in [0.25, 0.3) is 0 Å². The van der Waals surface area contributed by atoms with Gasteiger partial charge in [-0.3, -0.25) is 23.4 Å². The van der Waals surface area contributed by atoms with Gasteiger partial charge in [0.1, 0.15) is 11.5 Å². The number of nitrogens with zero attached hydrogens (tertiary/aromatic N) is 4. The number of carbonyl (C=O) groups excluding carboxylic acids is 1. The van der Waals surface area contributed by atoms with Crippen molar-refractivity contribution in [3.8, 4) is 0 Å². The third kappa shape index (κ3) is 4.69. The average molecular weight is 462 g/mol. The first-order valence-corrected chi connectivity index (χ1v) is 10.1. The maximum atomic E-state index is 12.9. The van der Waals surface area contributed by atoms with Crippen LogP contribution in [0.15, 0.2) is 46.2 Å². The predicted molar refractivity (Wildman–Crippen MR) is 114 cm³/mol. The summed E-state index contributed by atoms with van der Waals surface area (Å²) >= 11 is 0.